The number of methoxy groups -OCH3 is 1. The number of anilines is 1. The summed E-state index contributed by atoms with van der Waals surface area (Å²) < 4.78 is 33.2. The highest BCUT2D eigenvalue weighted by Crippen LogP contribution is 2.27. The number of nitrogens with zero attached hydrogens (tertiary/aromatic N) is 2. The highest BCUT2D eigenvalue weighted by Gasteiger charge is 2.27. The van der Waals surface area contributed by atoms with Crippen molar-refractivity contribution in [3.05, 3.63) is 82.8 Å². The maximum absolute atomic E-state index is 13.2. The molecule has 1 amide bonds. The number of hydrogen-bond donors (Lipinski definition) is 2. The van der Waals surface area contributed by atoms with Gasteiger partial charge in [0.15, 0.2) is 11.5 Å². The molecule has 10 heteroatoms. The van der Waals surface area contributed by atoms with Gasteiger partial charge in [-0.3, -0.25) is 9.10 Å². The number of carbonyl (C=O) groups excluding carboxylic acids is 1. The zero-order chi connectivity index (χ0) is 23.1. The summed E-state index contributed by atoms with van der Waals surface area (Å²) in [7, 11) is -2.58. The van der Waals surface area contributed by atoms with Crippen LogP contribution in [-0.2, 0) is 14.8 Å². The fraction of sp³-hybridized carbons (Fsp3) is 0.0909. The zero-order valence-electron chi connectivity index (χ0n) is 17.0. The Morgan fingerprint density at radius 2 is 1.88 bits per heavy atom. The summed E-state index contributed by atoms with van der Waals surface area (Å²) in [6, 6.07) is 19.1. The van der Waals surface area contributed by atoms with Gasteiger partial charge in [0.05, 0.1) is 23.9 Å². The molecule has 3 aromatic rings. The van der Waals surface area contributed by atoms with E-state index in [0.717, 1.165) is 4.31 Å². The lowest BCUT2D eigenvalue weighted by Crippen LogP contribution is -2.39. The van der Waals surface area contributed by atoms with Crippen LogP contribution in [0.25, 0.3) is 0 Å². The quantitative estimate of drug-likeness (QED) is 0.351. The molecule has 8 nitrogen and oxygen atoms in total. The third-order valence-electron chi connectivity index (χ3n) is 4.32. The molecule has 166 valence electrons. The fourth-order valence-electron chi connectivity index (χ4n) is 2.79. The molecule has 0 aliphatic rings. The number of hydrazone groups is 1. The molecule has 0 radical (unpaired) electrons. The average molecular weight is 518 g/mol. The monoisotopic (exact) mass is 517 g/mol. The fourth-order valence-corrected chi connectivity index (χ4v) is 4.61. The molecule has 0 fully saturated rings. The predicted molar refractivity (Wildman–Crippen MR) is 126 cm³/mol. The summed E-state index contributed by atoms with van der Waals surface area (Å²) in [5, 5.41) is 13.5. The largest absolute Gasteiger partial charge is 0.504 e. The lowest BCUT2D eigenvalue weighted by atomic mass is 10.2. The van der Waals surface area contributed by atoms with Gasteiger partial charge in [-0.15, -0.1) is 0 Å². The molecule has 0 spiro atoms. The number of sulfonamides is 1. The minimum absolute atomic E-state index is 0.0236. The van der Waals surface area contributed by atoms with Crippen LogP contribution in [0.5, 0.6) is 11.5 Å². The van der Waals surface area contributed by atoms with Crippen molar-refractivity contribution in [2.75, 3.05) is 18.0 Å². The molecule has 3 aromatic carbocycles. The van der Waals surface area contributed by atoms with Crippen LogP contribution in [0.3, 0.4) is 0 Å². The highest BCUT2D eigenvalue weighted by atomic mass is 79.9. The van der Waals surface area contributed by atoms with Crippen LogP contribution in [0.4, 0.5) is 5.69 Å². The molecule has 3 rings (SSSR count). The Kier molecular flexibility index (Phi) is 7.49. The van der Waals surface area contributed by atoms with Crippen molar-refractivity contribution in [3.63, 3.8) is 0 Å². The second kappa shape index (κ2) is 10.3. The van der Waals surface area contributed by atoms with Crippen molar-refractivity contribution in [2.24, 2.45) is 5.10 Å². The molecular weight excluding hydrogens is 498 g/mol. The van der Waals surface area contributed by atoms with E-state index in [1.807, 2.05) is 0 Å². The minimum Gasteiger partial charge on any atom is -0.504 e. The molecule has 0 aromatic heterocycles. The Hall–Kier alpha value is -3.37. The first-order valence-corrected chi connectivity index (χ1v) is 11.6. The van der Waals surface area contributed by atoms with Gasteiger partial charge in [-0.05, 0) is 54.1 Å². The molecule has 0 aliphatic heterocycles. The van der Waals surface area contributed by atoms with Crippen LogP contribution in [0.2, 0.25) is 0 Å². The van der Waals surface area contributed by atoms with Gasteiger partial charge < -0.3 is 9.84 Å². The van der Waals surface area contributed by atoms with E-state index < -0.39 is 22.5 Å². The molecule has 0 saturated carbocycles. The molecule has 2 N–H and O–H groups in total. The normalized spacial score (nSPS) is 11.3. The van der Waals surface area contributed by atoms with E-state index in [4.69, 9.17) is 4.74 Å². The zero-order valence-corrected chi connectivity index (χ0v) is 19.4. The van der Waals surface area contributed by atoms with Gasteiger partial charge in [0.1, 0.15) is 6.54 Å². The number of carbonyl (C=O) groups is 1. The maximum atomic E-state index is 13.2. The van der Waals surface area contributed by atoms with Gasteiger partial charge in [-0.2, -0.15) is 5.10 Å². The Morgan fingerprint density at radius 3 is 2.56 bits per heavy atom. The third-order valence-corrected chi connectivity index (χ3v) is 6.60. The van der Waals surface area contributed by atoms with Crippen molar-refractivity contribution >= 4 is 43.8 Å². The molecule has 0 unspecified atom stereocenters. The lowest BCUT2D eigenvalue weighted by molar-refractivity contribution is -0.119. The SMILES string of the molecule is COc1cc(/C=N\NC(=O)CN(c2cccc(Br)c2)S(=O)(=O)c2ccccc2)ccc1O. The number of nitrogens with one attached hydrogen (secondary N) is 1. The van der Waals surface area contributed by atoms with E-state index in [1.165, 1.54) is 31.5 Å². The molecule has 0 bridgehead atoms. The smallest absolute Gasteiger partial charge is 0.264 e. The number of rotatable bonds is 8. The average Bonchev–Trinajstić information content (AvgIpc) is 2.79. The number of phenols is 1. The van der Waals surface area contributed by atoms with Gasteiger partial charge in [0.2, 0.25) is 0 Å². The van der Waals surface area contributed by atoms with Crippen molar-refractivity contribution in [3.8, 4) is 11.5 Å². The molecule has 32 heavy (non-hydrogen) atoms. The van der Waals surface area contributed by atoms with Crippen LogP contribution in [0.1, 0.15) is 5.56 Å². The first kappa shape index (κ1) is 23.3. The number of benzene rings is 3. The van der Waals surface area contributed by atoms with E-state index in [1.54, 1.807) is 54.6 Å². The van der Waals surface area contributed by atoms with Crippen molar-refractivity contribution in [1.82, 2.24) is 5.43 Å². The van der Waals surface area contributed by atoms with E-state index in [-0.39, 0.29) is 16.4 Å². The number of phenolic OH excluding ortho intramolecular Hbond substituents is 1. The lowest BCUT2D eigenvalue weighted by Gasteiger charge is -2.23. The number of halogens is 1. The summed E-state index contributed by atoms with van der Waals surface area (Å²) in [5.41, 5.74) is 3.23. The van der Waals surface area contributed by atoms with Crippen LogP contribution in [0, 0.1) is 0 Å². The van der Waals surface area contributed by atoms with Crippen LogP contribution in [-0.4, -0.2) is 39.3 Å². The topological polar surface area (TPSA) is 108 Å². The summed E-state index contributed by atoms with van der Waals surface area (Å²) in [6.45, 7) is -0.482. The van der Waals surface area contributed by atoms with Crippen molar-refractivity contribution < 1.29 is 23.1 Å². The van der Waals surface area contributed by atoms with Gasteiger partial charge in [0, 0.05) is 4.47 Å². The summed E-state index contributed by atoms with van der Waals surface area (Å²) >= 11 is 3.33. The first-order chi connectivity index (χ1) is 15.3. The predicted octanol–water partition coefficient (Wildman–Crippen LogP) is 3.51. The van der Waals surface area contributed by atoms with Crippen molar-refractivity contribution in [2.45, 2.75) is 4.90 Å². The minimum atomic E-state index is -4.00. The van der Waals surface area contributed by atoms with Crippen LogP contribution >= 0.6 is 15.9 Å². The second-order valence-corrected chi connectivity index (χ2v) is 9.31. The number of amides is 1. The van der Waals surface area contributed by atoms with Gasteiger partial charge >= 0.3 is 0 Å². The van der Waals surface area contributed by atoms with Gasteiger partial charge in [0.25, 0.3) is 15.9 Å². The summed E-state index contributed by atoms with van der Waals surface area (Å²) in [4.78, 5) is 12.6. The number of hydrogen-bond acceptors (Lipinski definition) is 6. The van der Waals surface area contributed by atoms with E-state index >= 15 is 0 Å². The van der Waals surface area contributed by atoms with E-state index in [2.05, 4.69) is 26.5 Å². The molecule has 0 saturated heterocycles. The summed E-state index contributed by atoms with van der Waals surface area (Å²) in [6.07, 6.45) is 1.36. The summed E-state index contributed by atoms with van der Waals surface area (Å²) in [5.74, 6) is -0.397. The highest BCUT2D eigenvalue weighted by molar-refractivity contribution is 9.10. The second-order valence-electron chi connectivity index (χ2n) is 6.53. The number of aromatic hydroxyl groups is 1. The molecular formula is C22H20BrN3O5S. The van der Waals surface area contributed by atoms with Gasteiger partial charge in [-0.1, -0.05) is 40.2 Å². The molecule has 0 atom stereocenters. The maximum Gasteiger partial charge on any atom is 0.264 e. The number of ether oxygens (including phenoxy) is 1. The molecule has 0 heterocycles. The standard InChI is InChI=1S/C22H20BrN3O5S/c1-31-21-12-16(10-11-20(21)27)14-24-25-22(28)15-26(18-7-5-6-17(23)13-18)32(29,30)19-8-3-2-4-9-19/h2-14,27H,15H2,1H3,(H,25,28)/b24-14-. The third kappa shape index (κ3) is 5.65. The Morgan fingerprint density at radius 1 is 1.12 bits per heavy atom. The van der Waals surface area contributed by atoms with E-state index in [9.17, 15) is 18.3 Å². The van der Waals surface area contributed by atoms with Gasteiger partial charge in [-0.25, -0.2) is 13.8 Å². The van der Waals surface area contributed by atoms with Crippen LogP contribution < -0.4 is 14.5 Å². The molecule has 0 aliphatic carbocycles. The van der Waals surface area contributed by atoms with Crippen molar-refractivity contribution in [1.29, 1.82) is 0 Å². The Bertz CT molecular complexity index is 1230. The first-order valence-electron chi connectivity index (χ1n) is 9.33. The Labute approximate surface area is 194 Å². The van der Waals surface area contributed by atoms with Crippen LogP contribution in [0.15, 0.2) is 87.3 Å². The van der Waals surface area contributed by atoms with E-state index in [0.29, 0.717) is 15.7 Å². The Balaban J connectivity index is 1.81.